The SMILES string of the molecule is CN1NC2C=C(N3CCOc4cc(C(=O)N5CCCC(F)(F)C5)cnc43)C=CN2C1=O. The maximum Gasteiger partial charge on any atom is 0.339 e. The highest BCUT2D eigenvalue weighted by molar-refractivity contribution is 5.95. The van der Waals surface area contributed by atoms with Gasteiger partial charge in [-0.05, 0) is 24.6 Å². The molecule has 4 aliphatic rings. The summed E-state index contributed by atoms with van der Waals surface area (Å²) in [6, 6.07) is 1.41. The molecule has 1 atom stereocenters. The van der Waals surface area contributed by atoms with Crippen molar-refractivity contribution in [3.05, 3.63) is 41.9 Å². The van der Waals surface area contributed by atoms with Gasteiger partial charge in [0.15, 0.2) is 11.6 Å². The van der Waals surface area contributed by atoms with Gasteiger partial charge in [-0.25, -0.2) is 24.0 Å². The Balaban J connectivity index is 1.38. The van der Waals surface area contributed by atoms with Gasteiger partial charge in [-0.1, -0.05) is 0 Å². The zero-order chi connectivity index (χ0) is 21.8. The zero-order valence-electron chi connectivity index (χ0n) is 16.9. The van der Waals surface area contributed by atoms with E-state index >= 15 is 0 Å². The number of alkyl halides is 2. The highest BCUT2D eigenvalue weighted by Crippen LogP contribution is 2.35. The first-order valence-corrected chi connectivity index (χ1v) is 10.1. The second-order valence-electron chi connectivity index (χ2n) is 7.96. The Kier molecular flexibility index (Phi) is 4.58. The van der Waals surface area contributed by atoms with Gasteiger partial charge in [0.1, 0.15) is 12.8 Å². The first-order valence-electron chi connectivity index (χ1n) is 10.1. The van der Waals surface area contributed by atoms with Crippen LogP contribution in [0.2, 0.25) is 0 Å². The van der Waals surface area contributed by atoms with Crippen LogP contribution >= 0.6 is 0 Å². The van der Waals surface area contributed by atoms with Crippen molar-refractivity contribution in [2.45, 2.75) is 24.9 Å². The lowest BCUT2D eigenvalue weighted by Crippen LogP contribution is -2.45. The molecule has 0 radical (unpaired) electrons. The fourth-order valence-corrected chi connectivity index (χ4v) is 4.23. The molecule has 0 aromatic carbocycles. The van der Waals surface area contributed by atoms with Crippen molar-refractivity contribution >= 4 is 17.8 Å². The van der Waals surface area contributed by atoms with E-state index in [1.807, 2.05) is 17.1 Å². The van der Waals surface area contributed by atoms with Crippen molar-refractivity contribution in [2.24, 2.45) is 0 Å². The minimum Gasteiger partial charge on any atom is -0.488 e. The van der Waals surface area contributed by atoms with Crippen molar-refractivity contribution < 1.29 is 23.1 Å². The van der Waals surface area contributed by atoms with Gasteiger partial charge < -0.3 is 14.5 Å². The number of hydrogen-bond donors (Lipinski definition) is 1. The highest BCUT2D eigenvalue weighted by Gasteiger charge is 2.38. The minimum absolute atomic E-state index is 0.150. The Morgan fingerprint density at radius 3 is 3.00 bits per heavy atom. The average Bonchev–Trinajstić information content (AvgIpc) is 3.04. The fourth-order valence-electron chi connectivity index (χ4n) is 4.23. The van der Waals surface area contributed by atoms with Crippen molar-refractivity contribution in [3.63, 3.8) is 0 Å². The van der Waals surface area contributed by atoms with Crippen molar-refractivity contribution in [2.75, 3.05) is 38.2 Å². The number of ether oxygens (including phenoxy) is 1. The fraction of sp³-hybridized carbons (Fsp3) is 0.450. The first-order chi connectivity index (χ1) is 14.8. The summed E-state index contributed by atoms with van der Waals surface area (Å²) in [6.07, 6.45) is 6.61. The van der Waals surface area contributed by atoms with E-state index in [0.29, 0.717) is 31.3 Å². The molecular formula is C20H22F2N6O3. The number of urea groups is 1. The van der Waals surface area contributed by atoms with Crippen molar-refractivity contribution in [1.29, 1.82) is 0 Å². The van der Waals surface area contributed by atoms with Gasteiger partial charge in [-0.3, -0.25) is 14.7 Å². The third-order valence-corrected chi connectivity index (χ3v) is 5.77. The summed E-state index contributed by atoms with van der Waals surface area (Å²) < 4.78 is 33.2. The van der Waals surface area contributed by atoms with Gasteiger partial charge in [-0.2, -0.15) is 0 Å². The molecule has 1 aromatic heterocycles. The number of rotatable bonds is 2. The number of amides is 3. The molecule has 31 heavy (non-hydrogen) atoms. The highest BCUT2D eigenvalue weighted by atomic mass is 19.3. The van der Waals surface area contributed by atoms with Gasteiger partial charge >= 0.3 is 6.03 Å². The summed E-state index contributed by atoms with van der Waals surface area (Å²) in [4.78, 5) is 33.9. The summed E-state index contributed by atoms with van der Waals surface area (Å²) in [5, 5.41) is 1.42. The van der Waals surface area contributed by atoms with Gasteiger partial charge in [0.2, 0.25) is 0 Å². The topological polar surface area (TPSA) is 81.2 Å². The number of fused-ring (bicyclic) bond motifs is 2. The third-order valence-electron chi connectivity index (χ3n) is 5.77. The Bertz CT molecular complexity index is 997. The van der Waals surface area contributed by atoms with Crippen LogP contribution in [0.15, 0.2) is 36.3 Å². The first kappa shape index (κ1) is 19.7. The number of likely N-dealkylation sites (tertiary alicyclic amines) is 1. The van der Waals surface area contributed by atoms with Crippen LogP contribution in [0.3, 0.4) is 0 Å². The molecule has 11 heteroatoms. The zero-order valence-corrected chi connectivity index (χ0v) is 16.9. The number of hydrazine groups is 1. The molecule has 0 bridgehead atoms. The van der Waals surface area contributed by atoms with Crippen LogP contribution in [0.1, 0.15) is 23.2 Å². The van der Waals surface area contributed by atoms with Crippen LogP contribution < -0.4 is 15.1 Å². The summed E-state index contributed by atoms with van der Waals surface area (Å²) in [5.74, 6) is -2.38. The maximum atomic E-state index is 13.7. The summed E-state index contributed by atoms with van der Waals surface area (Å²) in [6.45, 7) is 0.637. The number of carbonyl (C=O) groups is 2. The van der Waals surface area contributed by atoms with E-state index in [9.17, 15) is 18.4 Å². The molecule has 5 heterocycles. The maximum absolute atomic E-state index is 13.7. The Morgan fingerprint density at radius 1 is 1.35 bits per heavy atom. The largest absolute Gasteiger partial charge is 0.488 e. The molecule has 1 unspecified atom stereocenters. The van der Waals surface area contributed by atoms with E-state index in [1.54, 1.807) is 24.2 Å². The molecule has 0 spiro atoms. The molecule has 5 rings (SSSR count). The summed E-state index contributed by atoms with van der Waals surface area (Å²) in [7, 11) is 1.66. The Labute approximate surface area is 177 Å². The molecule has 2 saturated heterocycles. The molecule has 164 valence electrons. The average molecular weight is 432 g/mol. The predicted octanol–water partition coefficient (Wildman–Crippen LogP) is 1.76. The molecule has 1 aromatic rings. The van der Waals surface area contributed by atoms with Crippen molar-refractivity contribution in [3.8, 4) is 5.75 Å². The minimum atomic E-state index is -2.86. The number of nitrogens with zero attached hydrogens (tertiary/aromatic N) is 5. The van der Waals surface area contributed by atoms with Crippen molar-refractivity contribution in [1.82, 2.24) is 25.2 Å². The summed E-state index contributed by atoms with van der Waals surface area (Å²) >= 11 is 0. The molecular weight excluding hydrogens is 410 g/mol. The van der Waals surface area contributed by atoms with Gasteiger partial charge in [0.05, 0.1) is 18.7 Å². The lowest BCUT2D eigenvalue weighted by atomic mass is 10.1. The van der Waals surface area contributed by atoms with Gasteiger partial charge in [0, 0.05) is 38.1 Å². The normalized spacial score (nSPS) is 24.5. The molecule has 3 amide bonds. The number of piperidine rings is 1. The Hall–Kier alpha value is -3.21. The van der Waals surface area contributed by atoms with Gasteiger partial charge in [0.25, 0.3) is 11.8 Å². The standard InChI is InChI=1S/C20H22F2N6O3/c1-25-19(30)28-6-3-14(10-16(28)24-25)27-7-8-31-15-9-13(11-23-17(15)27)18(29)26-5-2-4-20(21,22)12-26/h3,6,9-11,16,24H,2,4-5,7-8,12H2,1H3. The van der Waals surface area contributed by atoms with E-state index in [-0.39, 0.29) is 30.6 Å². The lowest BCUT2D eigenvalue weighted by molar-refractivity contribution is -0.0560. The van der Waals surface area contributed by atoms with Gasteiger partial charge in [-0.15, -0.1) is 0 Å². The number of nitrogens with one attached hydrogen (secondary N) is 1. The molecule has 4 aliphatic heterocycles. The van der Waals surface area contributed by atoms with Crippen LogP contribution in [0.25, 0.3) is 0 Å². The number of anilines is 1. The van der Waals surface area contributed by atoms with E-state index in [2.05, 4.69) is 10.4 Å². The quantitative estimate of drug-likeness (QED) is 0.767. The number of aromatic nitrogens is 1. The predicted molar refractivity (Wildman–Crippen MR) is 106 cm³/mol. The molecule has 2 fully saturated rings. The van der Waals surface area contributed by atoms with Crippen LogP contribution in [0.5, 0.6) is 5.75 Å². The second-order valence-corrected chi connectivity index (χ2v) is 7.96. The third kappa shape index (κ3) is 3.48. The van der Waals surface area contributed by atoms with E-state index in [0.717, 1.165) is 5.70 Å². The van der Waals surface area contributed by atoms with E-state index in [1.165, 1.54) is 16.1 Å². The van der Waals surface area contributed by atoms with E-state index in [4.69, 9.17) is 4.74 Å². The molecule has 9 nitrogen and oxygen atoms in total. The molecule has 1 N–H and O–H groups in total. The number of pyridine rings is 1. The Morgan fingerprint density at radius 2 is 2.19 bits per heavy atom. The number of carbonyl (C=O) groups excluding carboxylic acids is 2. The molecule has 0 saturated carbocycles. The number of halogens is 2. The van der Waals surface area contributed by atoms with Crippen LogP contribution in [-0.4, -0.2) is 77.1 Å². The second kappa shape index (κ2) is 7.19. The monoisotopic (exact) mass is 432 g/mol. The number of hydrogen-bond acceptors (Lipinski definition) is 6. The lowest BCUT2D eigenvalue weighted by Gasteiger charge is -2.34. The van der Waals surface area contributed by atoms with Crippen LogP contribution in [-0.2, 0) is 0 Å². The van der Waals surface area contributed by atoms with Crippen LogP contribution in [0.4, 0.5) is 19.4 Å². The van der Waals surface area contributed by atoms with Crippen LogP contribution in [0, 0.1) is 0 Å². The summed E-state index contributed by atoms with van der Waals surface area (Å²) in [5.41, 5.74) is 4.12. The smallest absolute Gasteiger partial charge is 0.339 e. The number of allylic oxidation sites excluding steroid dienone is 1. The van der Waals surface area contributed by atoms with E-state index < -0.39 is 18.4 Å². The molecule has 0 aliphatic carbocycles.